The summed E-state index contributed by atoms with van der Waals surface area (Å²) >= 11 is 14.0. The maximum absolute atomic E-state index is 13.1. The molecule has 1 aliphatic carbocycles. The summed E-state index contributed by atoms with van der Waals surface area (Å²) in [4.78, 5) is 25.0. The van der Waals surface area contributed by atoms with Gasteiger partial charge in [-0.1, -0.05) is 27.5 Å². The maximum atomic E-state index is 13.1. The molecule has 1 N–H and O–H groups in total. The summed E-state index contributed by atoms with van der Waals surface area (Å²) in [7, 11) is -0.383. The largest absolute Gasteiger partial charge is 0.437 e. The molecule has 0 spiro atoms. The molecular weight excluding hydrogens is 678 g/mol. The molecule has 0 radical (unpaired) electrons. The van der Waals surface area contributed by atoms with E-state index in [1.165, 1.54) is 35.2 Å². The van der Waals surface area contributed by atoms with Gasteiger partial charge in [-0.3, -0.25) is 14.7 Å². The van der Waals surface area contributed by atoms with E-state index in [0.29, 0.717) is 24.2 Å². The normalized spacial score (nSPS) is 23.4. The van der Waals surface area contributed by atoms with Crippen molar-refractivity contribution in [1.29, 1.82) is 0 Å². The number of hydrogen-bond acceptors (Lipinski definition) is 5. The number of hydrogen-bond donors (Lipinski definition) is 1. The number of carbonyl (C=O) groups is 1. The van der Waals surface area contributed by atoms with E-state index in [-0.39, 0.29) is 13.1 Å². The number of halogens is 3. The third kappa shape index (κ3) is 6.81. The van der Waals surface area contributed by atoms with Crippen LogP contribution < -0.4 is 0 Å². The van der Waals surface area contributed by atoms with Gasteiger partial charge in [0.25, 0.3) is 0 Å². The number of carbonyl (C=O) groups excluding carboxylic acids is 1. The lowest BCUT2D eigenvalue weighted by molar-refractivity contribution is -0.134. The van der Waals surface area contributed by atoms with Crippen molar-refractivity contribution in [3.8, 4) is 0 Å². The summed E-state index contributed by atoms with van der Waals surface area (Å²) in [6.45, 7) is 7.56. The van der Waals surface area contributed by atoms with Crippen LogP contribution in [0.25, 0.3) is 0 Å². The fraction of sp³-hybridized carbons (Fsp3) is 0.625. The summed E-state index contributed by atoms with van der Waals surface area (Å²) in [6, 6.07) is 6.56. The number of piperidine rings is 3. The fourth-order valence-corrected chi connectivity index (χ4v) is 9.50. The monoisotopic (exact) mass is 718 g/mol. The number of amides is 1. The van der Waals surface area contributed by atoms with E-state index in [0.717, 1.165) is 97.7 Å². The van der Waals surface area contributed by atoms with Crippen LogP contribution in [0.5, 0.6) is 0 Å². The van der Waals surface area contributed by atoms with Gasteiger partial charge in [0.05, 0.1) is 11.7 Å². The lowest BCUT2D eigenvalue weighted by Crippen LogP contribution is -2.45. The highest BCUT2D eigenvalue weighted by Gasteiger charge is 2.37. The molecule has 10 heteroatoms. The first-order valence-corrected chi connectivity index (χ1v) is 17.8. The number of fused-ring (bicyclic) bond motifs is 2. The summed E-state index contributed by atoms with van der Waals surface area (Å²) in [5.41, 5.74) is 5.15. The van der Waals surface area contributed by atoms with Crippen molar-refractivity contribution in [2.75, 3.05) is 39.3 Å². The maximum Gasteiger partial charge on any atom is 0.376 e. The molecule has 1 aromatic heterocycles. The molecule has 3 fully saturated rings. The van der Waals surface area contributed by atoms with Crippen LogP contribution in [-0.4, -0.2) is 76.8 Å². The zero-order valence-electron chi connectivity index (χ0n) is 24.6. The summed E-state index contributed by atoms with van der Waals surface area (Å²) in [6.07, 6.45) is 11.2. The standard InChI is InChI=1S/C32H42BBr2ClN4O2/c1-33(42)40-14-4-21(5-15-40)16-29(41)38-10-6-22(7-11-38)23-8-12-39(13-9-23)32-30-24(18-27(36)19-28(30)35)2-3-25-17-26(34)20-37-31(25)32/h17-23,32,42H,2-16H2,1H3. The molecule has 1 aromatic carbocycles. The van der Waals surface area contributed by atoms with Crippen LogP contribution in [0.3, 0.4) is 0 Å². The van der Waals surface area contributed by atoms with E-state index in [1.807, 2.05) is 19.1 Å². The Bertz CT molecular complexity index is 1280. The SMILES string of the molecule is CB(O)N1CCC(CC(=O)N2CCC(C3CCN(C4c5ncc(Br)cc5CCc5cc(Cl)cc(Br)c54)CC3)CC2)CC1. The number of rotatable bonds is 5. The van der Waals surface area contributed by atoms with Crippen molar-refractivity contribution in [1.82, 2.24) is 19.6 Å². The number of nitrogens with zero attached hydrogens (tertiary/aromatic N) is 4. The molecule has 4 aliphatic rings. The van der Waals surface area contributed by atoms with Crippen LogP contribution in [0.4, 0.5) is 0 Å². The van der Waals surface area contributed by atoms with Gasteiger partial charge in [-0.25, -0.2) is 0 Å². The van der Waals surface area contributed by atoms with Crippen LogP contribution in [-0.2, 0) is 17.6 Å². The van der Waals surface area contributed by atoms with Crippen molar-refractivity contribution >= 4 is 56.4 Å². The van der Waals surface area contributed by atoms with E-state index in [9.17, 15) is 9.82 Å². The van der Waals surface area contributed by atoms with E-state index in [2.05, 4.69) is 58.6 Å². The molecule has 1 atom stereocenters. The van der Waals surface area contributed by atoms with E-state index in [4.69, 9.17) is 16.6 Å². The second-order valence-electron chi connectivity index (χ2n) is 13.0. The zero-order chi connectivity index (χ0) is 29.4. The summed E-state index contributed by atoms with van der Waals surface area (Å²) in [5.74, 6) is 2.23. The Balaban J connectivity index is 1.06. The van der Waals surface area contributed by atoms with Crippen molar-refractivity contribution in [2.45, 2.75) is 70.7 Å². The predicted octanol–water partition coefficient (Wildman–Crippen LogP) is 6.61. The van der Waals surface area contributed by atoms with Crippen LogP contribution in [0.1, 0.15) is 73.4 Å². The smallest absolute Gasteiger partial charge is 0.376 e. The molecule has 42 heavy (non-hydrogen) atoms. The first-order chi connectivity index (χ1) is 20.3. The molecule has 226 valence electrons. The zero-order valence-corrected chi connectivity index (χ0v) is 28.5. The molecule has 0 bridgehead atoms. The molecule has 0 saturated carbocycles. The highest BCUT2D eigenvalue weighted by molar-refractivity contribution is 9.10. The first kappa shape index (κ1) is 31.0. The van der Waals surface area contributed by atoms with Crippen LogP contribution in [0.15, 0.2) is 33.3 Å². The van der Waals surface area contributed by atoms with Crippen molar-refractivity contribution in [3.63, 3.8) is 0 Å². The number of aromatic nitrogens is 1. The highest BCUT2D eigenvalue weighted by Crippen LogP contribution is 2.44. The van der Waals surface area contributed by atoms with Crippen molar-refractivity contribution in [2.24, 2.45) is 17.8 Å². The lowest BCUT2D eigenvalue weighted by atomic mass is 9.78. The second kappa shape index (κ2) is 13.6. The van der Waals surface area contributed by atoms with Gasteiger partial charge in [-0.15, -0.1) is 0 Å². The third-order valence-electron chi connectivity index (χ3n) is 10.5. The van der Waals surface area contributed by atoms with Crippen LogP contribution in [0.2, 0.25) is 11.8 Å². The molecule has 3 saturated heterocycles. The lowest BCUT2D eigenvalue weighted by Gasteiger charge is -2.43. The molecule has 1 unspecified atom stereocenters. The Labute approximate surface area is 273 Å². The minimum Gasteiger partial charge on any atom is -0.437 e. The van der Waals surface area contributed by atoms with Gasteiger partial charge in [0.15, 0.2) is 0 Å². The van der Waals surface area contributed by atoms with Gasteiger partial charge < -0.3 is 14.7 Å². The van der Waals surface area contributed by atoms with Crippen molar-refractivity contribution < 1.29 is 9.82 Å². The Hall–Kier alpha value is -0.965. The van der Waals surface area contributed by atoms with Gasteiger partial charge in [-0.2, -0.15) is 0 Å². The molecular formula is C32H42BBr2ClN4O2. The van der Waals surface area contributed by atoms with Crippen LogP contribution in [0, 0.1) is 17.8 Å². The second-order valence-corrected chi connectivity index (χ2v) is 15.2. The summed E-state index contributed by atoms with van der Waals surface area (Å²) < 4.78 is 2.12. The van der Waals surface area contributed by atoms with E-state index < -0.39 is 0 Å². The molecule has 2 aromatic rings. The molecule has 6 nitrogen and oxygen atoms in total. The Kier molecular flexibility index (Phi) is 10.0. The fourth-order valence-electron chi connectivity index (χ4n) is 8.03. The average molecular weight is 721 g/mol. The average Bonchev–Trinajstić information content (AvgIpc) is 3.14. The van der Waals surface area contributed by atoms with Gasteiger partial charge in [-0.05, 0) is 153 Å². The van der Waals surface area contributed by atoms with E-state index >= 15 is 0 Å². The predicted molar refractivity (Wildman–Crippen MR) is 177 cm³/mol. The Morgan fingerprint density at radius 3 is 2.26 bits per heavy atom. The Morgan fingerprint density at radius 2 is 1.60 bits per heavy atom. The first-order valence-electron chi connectivity index (χ1n) is 15.8. The van der Waals surface area contributed by atoms with Gasteiger partial charge in [0.2, 0.25) is 5.91 Å². The molecule has 3 aliphatic heterocycles. The number of likely N-dealkylation sites (tertiary alicyclic amines) is 2. The third-order valence-corrected chi connectivity index (χ3v) is 11.8. The Morgan fingerprint density at radius 1 is 0.952 bits per heavy atom. The quantitative estimate of drug-likeness (QED) is 0.353. The van der Waals surface area contributed by atoms with Crippen molar-refractivity contribution in [3.05, 3.63) is 60.7 Å². The topological polar surface area (TPSA) is 59.9 Å². The number of benzene rings is 1. The number of aryl methyl sites for hydroxylation is 2. The van der Waals surface area contributed by atoms with E-state index in [1.54, 1.807) is 0 Å². The van der Waals surface area contributed by atoms with Crippen LogP contribution >= 0.6 is 43.5 Å². The molecule has 6 rings (SSSR count). The summed E-state index contributed by atoms with van der Waals surface area (Å²) in [5, 5.41) is 10.6. The van der Waals surface area contributed by atoms with Gasteiger partial charge in [0, 0.05) is 39.7 Å². The van der Waals surface area contributed by atoms with Gasteiger partial charge in [0.1, 0.15) is 0 Å². The number of pyridine rings is 1. The molecule has 4 heterocycles. The minimum absolute atomic E-state index is 0.130. The molecule has 1 amide bonds. The highest BCUT2D eigenvalue weighted by atomic mass is 79.9. The van der Waals surface area contributed by atoms with Gasteiger partial charge >= 0.3 is 7.05 Å². The minimum atomic E-state index is -0.383.